The van der Waals surface area contributed by atoms with E-state index in [9.17, 15) is 9.59 Å². The standard InChI is InChI=1S/C24H25N3O2S3/c1-17(9-10-18-6-3-2-4-7-18)25-21(28)16-32-24-26-20-12-15-31-22(20)23(29)27(24)13-11-19-8-5-14-30-19/h2-8,12,14-15,17H,9-11,13,16H2,1H3,(H,25,28)/t17-/m0/s1. The number of rotatable bonds is 10. The fourth-order valence-corrected chi connectivity index (χ4v) is 5.77. The molecule has 0 spiro atoms. The van der Waals surface area contributed by atoms with Gasteiger partial charge in [0.2, 0.25) is 5.91 Å². The minimum Gasteiger partial charge on any atom is -0.353 e. The highest BCUT2D eigenvalue weighted by Crippen LogP contribution is 2.22. The first-order valence-electron chi connectivity index (χ1n) is 10.6. The van der Waals surface area contributed by atoms with Gasteiger partial charge in [0.15, 0.2) is 5.16 Å². The smallest absolute Gasteiger partial charge is 0.272 e. The molecular weight excluding hydrogens is 458 g/mol. The van der Waals surface area contributed by atoms with Gasteiger partial charge in [0, 0.05) is 17.5 Å². The third kappa shape index (κ3) is 5.88. The van der Waals surface area contributed by atoms with Crippen LogP contribution in [-0.2, 0) is 24.2 Å². The van der Waals surface area contributed by atoms with E-state index in [-0.39, 0.29) is 23.3 Å². The first-order chi connectivity index (χ1) is 15.6. The summed E-state index contributed by atoms with van der Waals surface area (Å²) in [6.45, 7) is 2.58. The lowest BCUT2D eigenvalue weighted by Crippen LogP contribution is -2.34. The summed E-state index contributed by atoms with van der Waals surface area (Å²) < 4.78 is 2.38. The average Bonchev–Trinajstić information content (AvgIpc) is 3.48. The molecule has 1 N–H and O–H groups in total. The number of hydrogen-bond donors (Lipinski definition) is 1. The van der Waals surface area contributed by atoms with Gasteiger partial charge in [0.05, 0.1) is 11.3 Å². The summed E-state index contributed by atoms with van der Waals surface area (Å²) in [5.41, 5.74) is 1.94. The average molecular weight is 484 g/mol. The summed E-state index contributed by atoms with van der Waals surface area (Å²) in [4.78, 5) is 31.5. The van der Waals surface area contributed by atoms with Gasteiger partial charge in [-0.25, -0.2) is 4.98 Å². The molecule has 0 saturated heterocycles. The Hall–Kier alpha value is -2.42. The zero-order valence-corrected chi connectivity index (χ0v) is 20.3. The van der Waals surface area contributed by atoms with Crippen molar-refractivity contribution in [2.75, 3.05) is 5.75 Å². The van der Waals surface area contributed by atoms with Gasteiger partial charge in [-0.05, 0) is 54.6 Å². The van der Waals surface area contributed by atoms with Crippen LogP contribution < -0.4 is 10.9 Å². The molecular formula is C24H25N3O2S3. The summed E-state index contributed by atoms with van der Waals surface area (Å²) in [5, 5.41) is 7.60. The number of fused-ring (bicyclic) bond motifs is 1. The second kappa shape index (κ2) is 10.9. The SMILES string of the molecule is C[C@@H](CCc1ccccc1)NC(=O)CSc1nc2ccsc2c(=O)n1CCc1cccs1. The van der Waals surface area contributed by atoms with Crippen LogP contribution >= 0.6 is 34.4 Å². The maximum absolute atomic E-state index is 13.0. The maximum atomic E-state index is 13.0. The number of aromatic nitrogens is 2. The van der Waals surface area contributed by atoms with Crippen molar-refractivity contribution >= 4 is 50.6 Å². The highest BCUT2D eigenvalue weighted by atomic mass is 32.2. The molecule has 0 fully saturated rings. The number of nitrogens with zero attached hydrogens (tertiary/aromatic N) is 2. The van der Waals surface area contributed by atoms with Gasteiger partial charge in [-0.3, -0.25) is 14.2 Å². The summed E-state index contributed by atoms with van der Waals surface area (Å²) >= 11 is 4.43. The predicted octanol–water partition coefficient (Wildman–Crippen LogP) is 4.99. The zero-order chi connectivity index (χ0) is 22.3. The van der Waals surface area contributed by atoms with Crippen molar-refractivity contribution in [3.8, 4) is 0 Å². The Labute approximate surface area is 199 Å². The lowest BCUT2D eigenvalue weighted by Gasteiger charge is -2.15. The van der Waals surface area contributed by atoms with Crippen LogP contribution in [0.25, 0.3) is 10.2 Å². The van der Waals surface area contributed by atoms with E-state index in [0.717, 1.165) is 19.3 Å². The van der Waals surface area contributed by atoms with E-state index in [1.165, 1.54) is 33.5 Å². The Morgan fingerprint density at radius 2 is 1.94 bits per heavy atom. The number of thiophene rings is 2. The largest absolute Gasteiger partial charge is 0.353 e. The Morgan fingerprint density at radius 3 is 2.72 bits per heavy atom. The van der Waals surface area contributed by atoms with Gasteiger partial charge < -0.3 is 5.32 Å². The van der Waals surface area contributed by atoms with Gasteiger partial charge in [-0.15, -0.1) is 22.7 Å². The fourth-order valence-electron chi connectivity index (χ4n) is 3.45. The molecule has 1 amide bonds. The van der Waals surface area contributed by atoms with Crippen molar-refractivity contribution in [3.63, 3.8) is 0 Å². The van der Waals surface area contributed by atoms with Crippen LogP contribution in [-0.4, -0.2) is 27.3 Å². The quantitative estimate of drug-likeness (QED) is 0.255. The van der Waals surface area contributed by atoms with Crippen LogP contribution in [0.3, 0.4) is 0 Å². The van der Waals surface area contributed by atoms with Crippen LogP contribution in [0.5, 0.6) is 0 Å². The molecule has 0 bridgehead atoms. The minimum atomic E-state index is -0.0416. The summed E-state index contributed by atoms with van der Waals surface area (Å²) in [5.74, 6) is 0.191. The Balaban J connectivity index is 1.38. The van der Waals surface area contributed by atoms with Crippen molar-refractivity contribution in [1.29, 1.82) is 0 Å². The number of carbonyl (C=O) groups is 1. The zero-order valence-electron chi connectivity index (χ0n) is 17.8. The van der Waals surface area contributed by atoms with E-state index in [1.54, 1.807) is 15.9 Å². The van der Waals surface area contributed by atoms with Crippen LogP contribution in [0.2, 0.25) is 0 Å². The van der Waals surface area contributed by atoms with Crippen molar-refractivity contribution in [2.45, 2.75) is 43.9 Å². The molecule has 1 atom stereocenters. The molecule has 166 valence electrons. The van der Waals surface area contributed by atoms with Crippen molar-refractivity contribution < 1.29 is 4.79 Å². The molecule has 4 rings (SSSR count). The monoisotopic (exact) mass is 483 g/mol. The molecule has 0 aliphatic rings. The van der Waals surface area contributed by atoms with Gasteiger partial charge in [-0.2, -0.15) is 0 Å². The third-order valence-corrected chi connectivity index (χ3v) is 7.95. The first-order valence-corrected chi connectivity index (χ1v) is 13.3. The summed E-state index contributed by atoms with van der Waals surface area (Å²) in [7, 11) is 0. The number of nitrogens with one attached hydrogen (secondary N) is 1. The van der Waals surface area contributed by atoms with E-state index >= 15 is 0 Å². The van der Waals surface area contributed by atoms with E-state index in [2.05, 4.69) is 28.5 Å². The molecule has 0 aliphatic carbocycles. The maximum Gasteiger partial charge on any atom is 0.272 e. The molecule has 5 nitrogen and oxygen atoms in total. The van der Waals surface area contributed by atoms with E-state index < -0.39 is 0 Å². The number of carbonyl (C=O) groups excluding carboxylic acids is 1. The molecule has 3 aromatic heterocycles. The summed E-state index contributed by atoms with van der Waals surface area (Å²) in [6, 6.07) is 16.3. The van der Waals surface area contributed by atoms with Crippen LogP contribution in [0, 0.1) is 0 Å². The number of hydrogen-bond acceptors (Lipinski definition) is 6. The molecule has 1 aromatic carbocycles. The van der Waals surface area contributed by atoms with Gasteiger partial charge in [-0.1, -0.05) is 48.2 Å². The fraction of sp³-hybridized carbons (Fsp3) is 0.292. The Morgan fingerprint density at radius 1 is 1.09 bits per heavy atom. The summed E-state index contributed by atoms with van der Waals surface area (Å²) in [6.07, 6.45) is 2.57. The number of amides is 1. The highest BCUT2D eigenvalue weighted by Gasteiger charge is 2.15. The molecule has 0 aliphatic heterocycles. The number of benzene rings is 1. The first kappa shape index (κ1) is 22.8. The highest BCUT2D eigenvalue weighted by molar-refractivity contribution is 7.99. The van der Waals surface area contributed by atoms with E-state index in [0.29, 0.717) is 21.9 Å². The molecule has 0 radical (unpaired) electrons. The Kier molecular flexibility index (Phi) is 7.78. The van der Waals surface area contributed by atoms with Crippen molar-refractivity contribution in [1.82, 2.24) is 14.9 Å². The number of thioether (sulfide) groups is 1. The van der Waals surface area contributed by atoms with Crippen LogP contribution in [0.15, 0.2) is 69.2 Å². The minimum absolute atomic E-state index is 0.0271. The molecule has 8 heteroatoms. The lowest BCUT2D eigenvalue weighted by molar-refractivity contribution is -0.119. The topological polar surface area (TPSA) is 64.0 Å². The molecule has 32 heavy (non-hydrogen) atoms. The third-order valence-electron chi connectivity index (χ3n) is 5.14. The second-order valence-corrected chi connectivity index (χ2v) is 10.5. The molecule has 0 unspecified atom stereocenters. The van der Waals surface area contributed by atoms with Crippen LogP contribution in [0.4, 0.5) is 0 Å². The van der Waals surface area contributed by atoms with Crippen molar-refractivity contribution in [2.24, 2.45) is 0 Å². The normalized spacial score (nSPS) is 12.2. The van der Waals surface area contributed by atoms with Crippen molar-refractivity contribution in [3.05, 3.63) is 80.1 Å². The van der Waals surface area contributed by atoms with Crippen LogP contribution in [0.1, 0.15) is 23.8 Å². The van der Waals surface area contributed by atoms with E-state index in [1.807, 2.05) is 48.0 Å². The van der Waals surface area contributed by atoms with Gasteiger partial charge in [0.1, 0.15) is 4.70 Å². The van der Waals surface area contributed by atoms with Gasteiger partial charge in [0.25, 0.3) is 5.56 Å². The Bertz CT molecular complexity index is 1220. The number of aryl methyl sites for hydroxylation is 2. The lowest BCUT2D eigenvalue weighted by atomic mass is 10.1. The second-order valence-electron chi connectivity index (χ2n) is 7.60. The molecule has 4 aromatic rings. The van der Waals surface area contributed by atoms with E-state index in [4.69, 9.17) is 0 Å². The molecule has 0 saturated carbocycles. The van der Waals surface area contributed by atoms with Gasteiger partial charge >= 0.3 is 0 Å². The molecule has 3 heterocycles. The predicted molar refractivity (Wildman–Crippen MR) is 135 cm³/mol.